The Labute approximate surface area is 364 Å². The Bertz CT molecular complexity index is 1040. The van der Waals surface area contributed by atoms with Gasteiger partial charge in [0.1, 0.15) is 6.61 Å². The molecule has 10 heteroatoms. The highest BCUT2D eigenvalue weighted by Crippen LogP contribution is 2.43. The molecule has 0 saturated carbocycles. The van der Waals surface area contributed by atoms with Crippen LogP contribution in [0.4, 0.5) is 0 Å². The highest BCUT2D eigenvalue weighted by atomic mass is 31.2. The van der Waals surface area contributed by atoms with E-state index in [2.05, 4.69) is 38.2 Å². The normalized spacial score (nSPS) is 13.5. The van der Waals surface area contributed by atoms with E-state index in [1.807, 2.05) is 19.0 Å². The van der Waals surface area contributed by atoms with Gasteiger partial charge in [0.2, 0.25) is 0 Å². The summed E-state index contributed by atoms with van der Waals surface area (Å²) in [5, 5.41) is 0. The molecular formula is C49H94NO8P. The molecule has 0 aliphatic carbocycles. The van der Waals surface area contributed by atoms with E-state index < -0.39 is 26.5 Å². The van der Waals surface area contributed by atoms with E-state index in [9.17, 15) is 19.0 Å². The van der Waals surface area contributed by atoms with E-state index in [1.54, 1.807) is 0 Å². The number of carbonyl (C=O) groups is 2. The van der Waals surface area contributed by atoms with Crippen LogP contribution in [-0.2, 0) is 32.7 Å². The van der Waals surface area contributed by atoms with Gasteiger partial charge in [-0.1, -0.05) is 179 Å². The van der Waals surface area contributed by atoms with E-state index in [0.717, 1.165) is 44.9 Å². The van der Waals surface area contributed by atoms with E-state index in [1.165, 1.54) is 154 Å². The molecule has 59 heavy (non-hydrogen) atoms. The third-order valence-electron chi connectivity index (χ3n) is 10.7. The number of rotatable bonds is 46. The topological polar surface area (TPSA) is 112 Å². The van der Waals surface area contributed by atoms with Crippen LogP contribution in [0.5, 0.6) is 0 Å². The maximum Gasteiger partial charge on any atom is 0.472 e. The standard InChI is InChI=1S/C49H94NO8P/c1-5-7-9-11-13-15-17-19-21-23-24-26-27-29-31-33-35-37-39-41-48(51)55-45-47(46-57-59(53,54)56-44-43-50(3)4)58-49(52)42-40-38-36-34-32-30-28-25-22-20-18-16-14-12-10-8-6-2/h19-22,47H,5-18,23-46H2,1-4H3,(H,53,54)/b21-19-,22-20-. The number of allylic oxidation sites excluding steroid dienone is 4. The molecule has 0 fully saturated rings. The smallest absolute Gasteiger partial charge is 0.462 e. The number of nitrogens with zero attached hydrogens (tertiary/aromatic N) is 1. The second-order valence-electron chi connectivity index (χ2n) is 17.0. The maximum atomic E-state index is 12.7. The average Bonchev–Trinajstić information content (AvgIpc) is 3.20. The van der Waals surface area contributed by atoms with E-state index in [4.69, 9.17) is 18.5 Å². The summed E-state index contributed by atoms with van der Waals surface area (Å²) in [6.07, 6.45) is 47.9. The minimum atomic E-state index is -4.36. The molecule has 0 aromatic carbocycles. The number of ether oxygens (including phenoxy) is 2. The van der Waals surface area contributed by atoms with Crippen molar-refractivity contribution in [2.75, 3.05) is 40.5 Å². The van der Waals surface area contributed by atoms with Crippen LogP contribution in [0.3, 0.4) is 0 Å². The zero-order valence-corrected chi connectivity index (χ0v) is 39.9. The highest BCUT2D eigenvalue weighted by Gasteiger charge is 2.26. The molecule has 9 nitrogen and oxygen atoms in total. The minimum Gasteiger partial charge on any atom is -0.462 e. The minimum absolute atomic E-state index is 0.00777. The Morgan fingerprint density at radius 3 is 1.25 bits per heavy atom. The van der Waals surface area contributed by atoms with Gasteiger partial charge in [-0.15, -0.1) is 0 Å². The van der Waals surface area contributed by atoms with Crippen LogP contribution in [0.2, 0.25) is 0 Å². The second kappa shape index (κ2) is 44.5. The Morgan fingerprint density at radius 2 is 0.864 bits per heavy atom. The van der Waals surface area contributed by atoms with Crippen molar-refractivity contribution >= 4 is 19.8 Å². The molecule has 348 valence electrons. The van der Waals surface area contributed by atoms with Crippen molar-refractivity contribution in [3.63, 3.8) is 0 Å². The first-order valence-electron chi connectivity index (χ1n) is 24.6. The zero-order chi connectivity index (χ0) is 43.3. The van der Waals surface area contributed by atoms with Gasteiger partial charge >= 0.3 is 19.8 Å². The van der Waals surface area contributed by atoms with Gasteiger partial charge in [0.05, 0.1) is 13.2 Å². The average molecular weight is 856 g/mol. The molecule has 0 saturated heterocycles. The first-order valence-corrected chi connectivity index (χ1v) is 26.1. The van der Waals surface area contributed by atoms with Crippen molar-refractivity contribution in [2.24, 2.45) is 0 Å². The fourth-order valence-electron chi connectivity index (χ4n) is 6.91. The molecule has 0 spiro atoms. The number of phosphoric ester groups is 1. The van der Waals surface area contributed by atoms with E-state index in [-0.39, 0.29) is 32.0 Å². The number of esters is 2. The van der Waals surface area contributed by atoms with Crippen molar-refractivity contribution in [1.82, 2.24) is 4.90 Å². The lowest BCUT2D eigenvalue weighted by molar-refractivity contribution is -0.161. The number of carbonyl (C=O) groups excluding carboxylic acids is 2. The van der Waals surface area contributed by atoms with Crippen LogP contribution in [0.1, 0.15) is 232 Å². The lowest BCUT2D eigenvalue weighted by Crippen LogP contribution is -2.29. The van der Waals surface area contributed by atoms with Crippen molar-refractivity contribution < 1.29 is 37.6 Å². The van der Waals surface area contributed by atoms with Crippen molar-refractivity contribution in [2.45, 2.75) is 238 Å². The predicted molar refractivity (Wildman–Crippen MR) is 248 cm³/mol. The fraction of sp³-hybridized carbons (Fsp3) is 0.878. The lowest BCUT2D eigenvalue weighted by Gasteiger charge is -2.20. The SMILES string of the molecule is CCCCCCCC/C=C\CCCCCCCCCCCC(=O)OCC(COP(=O)(O)OCCN(C)C)OC(=O)CCCCCCCCC/C=C\CCCCCCCC. The second-order valence-corrected chi connectivity index (χ2v) is 18.4. The van der Waals surface area contributed by atoms with Gasteiger partial charge in [-0.25, -0.2) is 4.57 Å². The summed E-state index contributed by atoms with van der Waals surface area (Å²) in [6.45, 7) is 4.34. The predicted octanol–water partition coefficient (Wildman–Crippen LogP) is 14.6. The Hall–Kier alpha value is -1.51. The summed E-state index contributed by atoms with van der Waals surface area (Å²) in [4.78, 5) is 37.2. The van der Waals surface area contributed by atoms with Crippen LogP contribution in [0.25, 0.3) is 0 Å². The van der Waals surface area contributed by atoms with Gasteiger partial charge < -0.3 is 19.3 Å². The third-order valence-corrected chi connectivity index (χ3v) is 11.7. The Morgan fingerprint density at radius 1 is 0.508 bits per heavy atom. The van der Waals surface area contributed by atoms with Gasteiger partial charge in [-0.2, -0.15) is 0 Å². The molecule has 0 radical (unpaired) electrons. The summed E-state index contributed by atoms with van der Waals surface area (Å²) in [6, 6.07) is 0. The molecule has 0 bridgehead atoms. The van der Waals surface area contributed by atoms with Gasteiger partial charge in [-0.05, 0) is 78.3 Å². The summed E-state index contributed by atoms with van der Waals surface area (Å²) < 4.78 is 33.6. The van der Waals surface area contributed by atoms with Crippen molar-refractivity contribution in [3.05, 3.63) is 24.3 Å². The molecular weight excluding hydrogens is 762 g/mol. The lowest BCUT2D eigenvalue weighted by atomic mass is 10.1. The van der Waals surface area contributed by atoms with Crippen LogP contribution < -0.4 is 0 Å². The molecule has 0 aliphatic rings. The largest absolute Gasteiger partial charge is 0.472 e. The summed E-state index contributed by atoms with van der Waals surface area (Å²) in [7, 11) is -0.709. The monoisotopic (exact) mass is 856 g/mol. The van der Waals surface area contributed by atoms with Crippen molar-refractivity contribution in [3.8, 4) is 0 Å². The Kier molecular flexibility index (Phi) is 43.4. The summed E-state index contributed by atoms with van der Waals surface area (Å²) in [5.74, 6) is -0.801. The molecule has 0 heterocycles. The summed E-state index contributed by atoms with van der Waals surface area (Å²) >= 11 is 0. The molecule has 2 atom stereocenters. The number of hydrogen-bond acceptors (Lipinski definition) is 8. The maximum absolute atomic E-state index is 12.7. The quantitative estimate of drug-likeness (QED) is 0.0277. The van der Waals surface area contributed by atoms with E-state index >= 15 is 0 Å². The molecule has 1 N–H and O–H groups in total. The molecule has 0 aromatic rings. The molecule has 0 amide bonds. The van der Waals surface area contributed by atoms with Gasteiger partial charge in [0, 0.05) is 19.4 Å². The molecule has 0 aliphatic heterocycles. The van der Waals surface area contributed by atoms with Crippen LogP contribution in [-0.4, -0.2) is 68.3 Å². The third kappa shape index (κ3) is 45.8. The van der Waals surface area contributed by atoms with Gasteiger partial charge in [0.15, 0.2) is 6.10 Å². The molecule has 2 unspecified atom stereocenters. The van der Waals surface area contributed by atoms with Gasteiger partial charge in [-0.3, -0.25) is 18.6 Å². The number of likely N-dealkylation sites (N-methyl/N-ethyl adjacent to an activating group) is 1. The van der Waals surface area contributed by atoms with Crippen LogP contribution >= 0.6 is 7.82 Å². The first-order chi connectivity index (χ1) is 28.7. The van der Waals surface area contributed by atoms with Crippen LogP contribution in [0.15, 0.2) is 24.3 Å². The summed E-state index contributed by atoms with van der Waals surface area (Å²) in [5.41, 5.74) is 0. The van der Waals surface area contributed by atoms with Crippen molar-refractivity contribution in [1.29, 1.82) is 0 Å². The van der Waals surface area contributed by atoms with Gasteiger partial charge in [0.25, 0.3) is 0 Å². The first kappa shape index (κ1) is 57.5. The van der Waals surface area contributed by atoms with E-state index in [0.29, 0.717) is 13.0 Å². The molecule has 0 rings (SSSR count). The van der Waals surface area contributed by atoms with Crippen LogP contribution in [0, 0.1) is 0 Å². The fourth-order valence-corrected chi connectivity index (χ4v) is 7.65. The number of hydrogen-bond donors (Lipinski definition) is 1. The number of unbranched alkanes of at least 4 members (excludes halogenated alkanes) is 28. The molecule has 0 aromatic heterocycles. The zero-order valence-electron chi connectivity index (χ0n) is 39.0. The Balaban J connectivity index is 4.20. The number of phosphoric acid groups is 1. The highest BCUT2D eigenvalue weighted by molar-refractivity contribution is 7.47.